The van der Waals surface area contributed by atoms with Gasteiger partial charge in [0.1, 0.15) is 11.6 Å². The number of anilines is 1. The molecule has 0 aliphatic rings. The van der Waals surface area contributed by atoms with Crippen LogP contribution in [0, 0.1) is 5.82 Å². The Labute approximate surface area is 177 Å². The first-order valence-corrected chi connectivity index (χ1v) is 9.39. The molecule has 4 aromatic rings. The van der Waals surface area contributed by atoms with Crippen molar-refractivity contribution in [3.8, 4) is 28.5 Å². The third-order valence-electron chi connectivity index (χ3n) is 4.45. The smallest absolute Gasteiger partial charge is 0.256 e. The Morgan fingerprint density at radius 1 is 1.10 bits per heavy atom. The maximum atomic E-state index is 13.2. The fourth-order valence-electron chi connectivity index (χ4n) is 2.96. The third-order valence-corrected chi connectivity index (χ3v) is 4.74. The molecule has 0 aliphatic carbocycles. The van der Waals surface area contributed by atoms with Crippen molar-refractivity contribution in [2.24, 2.45) is 0 Å². The van der Waals surface area contributed by atoms with Crippen LogP contribution in [-0.2, 0) is 0 Å². The molecule has 0 unspecified atom stereocenters. The van der Waals surface area contributed by atoms with Crippen molar-refractivity contribution in [2.75, 3.05) is 12.4 Å². The molecular weight excluding hydrogens is 407 g/mol. The number of aromatic nitrogens is 1. The number of nitrogens with zero attached hydrogens (tertiary/aromatic N) is 1. The summed E-state index contributed by atoms with van der Waals surface area (Å²) < 4.78 is 24.1. The zero-order valence-corrected chi connectivity index (χ0v) is 16.6. The fourth-order valence-corrected chi connectivity index (χ4v) is 3.21. The maximum Gasteiger partial charge on any atom is 0.256 e. The van der Waals surface area contributed by atoms with Crippen molar-refractivity contribution in [3.63, 3.8) is 0 Å². The van der Waals surface area contributed by atoms with Gasteiger partial charge in [0, 0.05) is 16.8 Å². The number of nitrogens with one attached hydrogen (secondary N) is 1. The standard InChI is InChI=1S/C23H16ClFN2O3/c1-29-20-11-10-16(12-19(20)24)27-22(28)17-4-2-3-5-18(17)23-26-13-21(30-23)14-6-8-15(25)9-7-14/h2-13H,1H3,(H,27,28). The summed E-state index contributed by atoms with van der Waals surface area (Å²) in [4.78, 5) is 17.2. The fraction of sp³-hybridized carbons (Fsp3) is 0.0435. The van der Waals surface area contributed by atoms with Gasteiger partial charge in [-0.05, 0) is 54.6 Å². The molecule has 30 heavy (non-hydrogen) atoms. The van der Waals surface area contributed by atoms with Crippen LogP contribution in [0.2, 0.25) is 5.02 Å². The zero-order chi connectivity index (χ0) is 21.1. The van der Waals surface area contributed by atoms with E-state index in [9.17, 15) is 9.18 Å². The second kappa shape index (κ2) is 8.39. The molecule has 1 N–H and O–H groups in total. The largest absolute Gasteiger partial charge is 0.495 e. The van der Waals surface area contributed by atoms with E-state index in [0.717, 1.165) is 0 Å². The number of rotatable bonds is 5. The highest BCUT2D eigenvalue weighted by molar-refractivity contribution is 6.32. The van der Waals surface area contributed by atoms with Gasteiger partial charge in [0.05, 0.1) is 23.9 Å². The second-order valence-electron chi connectivity index (χ2n) is 6.39. The van der Waals surface area contributed by atoms with E-state index in [-0.39, 0.29) is 17.6 Å². The van der Waals surface area contributed by atoms with Crippen LogP contribution in [-0.4, -0.2) is 18.0 Å². The van der Waals surface area contributed by atoms with Crippen LogP contribution in [0.25, 0.3) is 22.8 Å². The average molecular weight is 423 g/mol. The van der Waals surface area contributed by atoms with Crippen LogP contribution in [0.1, 0.15) is 10.4 Å². The van der Waals surface area contributed by atoms with Crippen LogP contribution in [0.4, 0.5) is 10.1 Å². The summed E-state index contributed by atoms with van der Waals surface area (Å²) in [7, 11) is 1.52. The number of methoxy groups -OCH3 is 1. The van der Waals surface area contributed by atoms with Crippen molar-refractivity contribution in [1.29, 1.82) is 0 Å². The summed E-state index contributed by atoms with van der Waals surface area (Å²) in [6.45, 7) is 0. The van der Waals surface area contributed by atoms with E-state index >= 15 is 0 Å². The monoisotopic (exact) mass is 422 g/mol. The van der Waals surface area contributed by atoms with Gasteiger partial charge in [0.2, 0.25) is 5.89 Å². The molecule has 0 fully saturated rings. The summed E-state index contributed by atoms with van der Waals surface area (Å²) in [5.74, 6) is 0.602. The molecule has 1 heterocycles. The number of amides is 1. The van der Waals surface area contributed by atoms with E-state index in [1.165, 1.54) is 19.2 Å². The second-order valence-corrected chi connectivity index (χ2v) is 6.79. The molecule has 150 valence electrons. The molecule has 3 aromatic carbocycles. The van der Waals surface area contributed by atoms with Gasteiger partial charge in [-0.3, -0.25) is 4.79 Å². The highest BCUT2D eigenvalue weighted by Crippen LogP contribution is 2.30. The van der Waals surface area contributed by atoms with E-state index in [4.69, 9.17) is 20.8 Å². The normalized spacial score (nSPS) is 10.6. The van der Waals surface area contributed by atoms with Crippen LogP contribution in [0.15, 0.2) is 77.3 Å². The molecule has 0 atom stereocenters. The number of halogens is 2. The Morgan fingerprint density at radius 2 is 1.87 bits per heavy atom. The van der Waals surface area contributed by atoms with E-state index in [1.807, 2.05) is 0 Å². The Bertz CT molecular complexity index is 1210. The van der Waals surface area contributed by atoms with Gasteiger partial charge in [-0.2, -0.15) is 0 Å². The van der Waals surface area contributed by atoms with Gasteiger partial charge >= 0.3 is 0 Å². The van der Waals surface area contributed by atoms with Crippen molar-refractivity contribution in [2.45, 2.75) is 0 Å². The molecule has 0 bridgehead atoms. The van der Waals surface area contributed by atoms with Gasteiger partial charge in [-0.1, -0.05) is 23.7 Å². The van der Waals surface area contributed by atoms with E-state index in [0.29, 0.717) is 38.9 Å². The summed E-state index contributed by atoms with van der Waals surface area (Å²) in [5, 5.41) is 3.20. The minimum Gasteiger partial charge on any atom is -0.495 e. The number of ether oxygens (including phenoxy) is 1. The molecule has 0 saturated heterocycles. The molecule has 0 radical (unpaired) electrons. The molecule has 4 rings (SSSR count). The molecule has 0 spiro atoms. The van der Waals surface area contributed by atoms with Crippen molar-refractivity contribution >= 4 is 23.2 Å². The number of hydrogen-bond acceptors (Lipinski definition) is 4. The first-order valence-electron chi connectivity index (χ1n) is 9.01. The van der Waals surface area contributed by atoms with Gasteiger partial charge in [0.15, 0.2) is 5.76 Å². The first-order chi connectivity index (χ1) is 14.5. The molecular formula is C23H16ClFN2O3. The number of oxazole rings is 1. The predicted molar refractivity (Wildman–Crippen MR) is 113 cm³/mol. The highest BCUT2D eigenvalue weighted by Gasteiger charge is 2.17. The lowest BCUT2D eigenvalue weighted by atomic mass is 10.1. The molecule has 7 heteroatoms. The lowest BCUT2D eigenvalue weighted by Crippen LogP contribution is -2.13. The third kappa shape index (κ3) is 4.04. The summed E-state index contributed by atoms with van der Waals surface area (Å²) in [5.41, 5.74) is 2.13. The Morgan fingerprint density at radius 3 is 2.60 bits per heavy atom. The molecule has 1 aromatic heterocycles. The summed E-state index contributed by atoms with van der Waals surface area (Å²) >= 11 is 6.13. The van der Waals surface area contributed by atoms with Gasteiger partial charge < -0.3 is 14.5 Å². The summed E-state index contributed by atoms with van der Waals surface area (Å²) in [6, 6.07) is 17.8. The topological polar surface area (TPSA) is 64.4 Å². The van der Waals surface area contributed by atoms with Crippen molar-refractivity contribution in [1.82, 2.24) is 4.98 Å². The Hall–Kier alpha value is -3.64. The van der Waals surface area contributed by atoms with Gasteiger partial charge in [-0.15, -0.1) is 0 Å². The highest BCUT2D eigenvalue weighted by atomic mass is 35.5. The molecule has 0 aliphatic heterocycles. The van der Waals surface area contributed by atoms with E-state index < -0.39 is 0 Å². The Kier molecular flexibility index (Phi) is 5.50. The van der Waals surface area contributed by atoms with E-state index in [2.05, 4.69) is 10.3 Å². The zero-order valence-electron chi connectivity index (χ0n) is 15.9. The molecule has 1 amide bonds. The van der Waals surface area contributed by atoms with Crippen LogP contribution in [0.3, 0.4) is 0 Å². The lowest BCUT2D eigenvalue weighted by Gasteiger charge is -2.10. The Balaban J connectivity index is 1.62. The number of carbonyl (C=O) groups excluding carboxylic acids is 1. The maximum absolute atomic E-state index is 13.2. The van der Waals surface area contributed by atoms with Crippen molar-refractivity contribution < 1.29 is 18.3 Å². The van der Waals surface area contributed by atoms with E-state index in [1.54, 1.807) is 60.8 Å². The van der Waals surface area contributed by atoms with Crippen molar-refractivity contribution in [3.05, 3.63) is 89.3 Å². The minimum absolute atomic E-state index is 0.285. The molecule has 5 nitrogen and oxygen atoms in total. The van der Waals surface area contributed by atoms with Gasteiger partial charge in [-0.25, -0.2) is 9.37 Å². The molecule has 0 saturated carbocycles. The number of benzene rings is 3. The van der Waals surface area contributed by atoms with Crippen LogP contribution >= 0.6 is 11.6 Å². The summed E-state index contributed by atoms with van der Waals surface area (Å²) in [6.07, 6.45) is 1.54. The SMILES string of the molecule is COc1ccc(NC(=O)c2ccccc2-c2ncc(-c3ccc(F)cc3)o2)cc1Cl. The van der Waals surface area contributed by atoms with Crippen LogP contribution in [0.5, 0.6) is 5.75 Å². The minimum atomic E-state index is -0.339. The van der Waals surface area contributed by atoms with Gasteiger partial charge in [0.25, 0.3) is 5.91 Å². The average Bonchev–Trinajstić information content (AvgIpc) is 3.24. The predicted octanol–water partition coefficient (Wildman–Crippen LogP) is 6.06. The number of hydrogen-bond donors (Lipinski definition) is 1. The quantitative estimate of drug-likeness (QED) is 0.424. The van der Waals surface area contributed by atoms with Crippen LogP contribution < -0.4 is 10.1 Å². The lowest BCUT2D eigenvalue weighted by molar-refractivity contribution is 0.102. The first kappa shape index (κ1) is 19.7. The number of carbonyl (C=O) groups is 1.